The lowest BCUT2D eigenvalue weighted by Crippen LogP contribution is -2.20. The van der Waals surface area contributed by atoms with Gasteiger partial charge in [-0.15, -0.1) is 0 Å². The molecule has 1 aromatic heterocycles. The number of rotatable bonds is 7. The zero-order chi connectivity index (χ0) is 12.7. The zero-order valence-corrected chi connectivity index (χ0v) is 10.3. The van der Waals surface area contributed by atoms with Crippen LogP contribution >= 0.6 is 0 Å². The highest BCUT2D eigenvalue weighted by Crippen LogP contribution is 2.16. The number of nitrogens with zero attached hydrogens (tertiary/aromatic N) is 2. The third kappa shape index (κ3) is 5.85. The van der Waals surface area contributed by atoms with Crippen LogP contribution in [0.4, 0.5) is 5.82 Å². The van der Waals surface area contributed by atoms with Crippen molar-refractivity contribution in [3.05, 3.63) is 18.6 Å². The van der Waals surface area contributed by atoms with Crippen molar-refractivity contribution in [2.75, 3.05) is 11.9 Å². The van der Waals surface area contributed by atoms with Crippen LogP contribution in [0.3, 0.4) is 0 Å². The smallest absolute Gasteiger partial charge is 0.303 e. The van der Waals surface area contributed by atoms with E-state index in [9.17, 15) is 4.79 Å². The summed E-state index contributed by atoms with van der Waals surface area (Å²) in [6.07, 6.45) is 5.92. The van der Waals surface area contributed by atoms with Crippen LogP contribution in [-0.4, -0.2) is 27.6 Å². The standard InChI is InChI=1S/C12H19N3O2/c1-9(2)5-10(6-12(16)17)7-15-11-8-13-3-4-14-11/h3-4,8-10H,5-7H2,1-2H3,(H,14,15)(H,16,17). The quantitative estimate of drug-likeness (QED) is 0.759. The van der Waals surface area contributed by atoms with Crippen LogP contribution in [0.2, 0.25) is 0 Å². The highest BCUT2D eigenvalue weighted by molar-refractivity contribution is 5.67. The van der Waals surface area contributed by atoms with Crippen molar-refractivity contribution >= 4 is 11.8 Å². The van der Waals surface area contributed by atoms with Crippen molar-refractivity contribution in [3.63, 3.8) is 0 Å². The fraction of sp³-hybridized carbons (Fsp3) is 0.583. The molecule has 0 bridgehead atoms. The van der Waals surface area contributed by atoms with Gasteiger partial charge in [0.2, 0.25) is 0 Å². The molecule has 0 fully saturated rings. The highest BCUT2D eigenvalue weighted by Gasteiger charge is 2.14. The topological polar surface area (TPSA) is 75.1 Å². The van der Waals surface area contributed by atoms with E-state index in [0.717, 1.165) is 6.42 Å². The van der Waals surface area contributed by atoms with Crippen LogP contribution in [0.1, 0.15) is 26.7 Å². The van der Waals surface area contributed by atoms with Gasteiger partial charge in [-0.3, -0.25) is 9.78 Å². The van der Waals surface area contributed by atoms with Crippen LogP contribution in [-0.2, 0) is 4.79 Å². The number of aliphatic carboxylic acids is 1. The maximum Gasteiger partial charge on any atom is 0.303 e. The molecule has 0 radical (unpaired) electrons. The largest absolute Gasteiger partial charge is 0.481 e. The Balaban J connectivity index is 2.45. The Hall–Kier alpha value is -1.65. The van der Waals surface area contributed by atoms with Gasteiger partial charge < -0.3 is 10.4 Å². The van der Waals surface area contributed by atoms with Crippen LogP contribution in [0.25, 0.3) is 0 Å². The molecule has 0 saturated heterocycles. The number of nitrogens with one attached hydrogen (secondary N) is 1. The van der Waals surface area contributed by atoms with Crippen LogP contribution in [0, 0.1) is 11.8 Å². The summed E-state index contributed by atoms with van der Waals surface area (Å²) in [6.45, 7) is 4.80. The molecule has 5 nitrogen and oxygen atoms in total. The number of hydrogen-bond acceptors (Lipinski definition) is 4. The lowest BCUT2D eigenvalue weighted by Gasteiger charge is -2.17. The molecule has 0 aliphatic carbocycles. The zero-order valence-electron chi connectivity index (χ0n) is 10.3. The molecular formula is C12H19N3O2. The van der Waals surface area contributed by atoms with E-state index in [4.69, 9.17) is 5.11 Å². The van der Waals surface area contributed by atoms with Gasteiger partial charge in [-0.1, -0.05) is 13.8 Å². The first-order chi connectivity index (χ1) is 8.08. The van der Waals surface area contributed by atoms with Crippen molar-refractivity contribution in [2.45, 2.75) is 26.7 Å². The van der Waals surface area contributed by atoms with E-state index in [0.29, 0.717) is 18.3 Å². The minimum Gasteiger partial charge on any atom is -0.481 e. The summed E-state index contributed by atoms with van der Waals surface area (Å²) in [5.74, 6) is 0.542. The van der Waals surface area contributed by atoms with E-state index < -0.39 is 5.97 Å². The van der Waals surface area contributed by atoms with E-state index in [1.165, 1.54) is 0 Å². The van der Waals surface area contributed by atoms with E-state index in [-0.39, 0.29) is 12.3 Å². The summed E-state index contributed by atoms with van der Waals surface area (Å²) < 4.78 is 0. The van der Waals surface area contributed by atoms with Gasteiger partial charge in [0.25, 0.3) is 0 Å². The lowest BCUT2D eigenvalue weighted by atomic mass is 9.94. The number of carboxylic acid groups (broad SMARTS) is 1. The highest BCUT2D eigenvalue weighted by atomic mass is 16.4. The third-order valence-corrected chi connectivity index (χ3v) is 2.40. The number of hydrogen-bond donors (Lipinski definition) is 2. The molecule has 1 heterocycles. The third-order valence-electron chi connectivity index (χ3n) is 2.40. The van der Waals surface area contributed by atoms with Crippen LogP contribution < -0.4 is 5.32 Å². The number of aromatic nitrogens is 2. The second kappa shape index (κ2) is 6.83. The predicted molar refractivity (Wildman–Crippen MR) is 65.7 cm³/mol. The second-order valence-electron chi connectivity index (χ2n) is 4.56. The van der Waals surface area contributed by atoms with Gasteiger partial charge in [0.1, 0.15) is 5.82 Å². The van der Waals surface area contributed by atoms with E-state index in [1.54, 1.807) is 18.6 Å². The first-order valence-corrected chi connectivity index (χ1v) is 5.79. The Kier molecular flexibility index (Phi) is 5.39. The fourth-order valence-electron chi connectivity index (χ4n) is 1.79. The Morgan fingerprint density at radius 2 is 2.24 bits per heavy atom. The summed E-state index contributed by atoms with van der Waals surface area (Å²) in [5.41, 5.74) is 0. The van der Waals surface area contributed by atoms with Gasteiger partial charge in [0.15, 0.2) is 0 Å². The summed E-state index contributed by atoms with van der Waals surface area (Å²) in [4.78, 5) is 18.8. The fourth-order valence-corrected chi connectivity index (χ4v) is 1.79. The Bertz CT molecular complexity index is 341. The average molecular weight is 237 g/mol. The number of carbonyl (C=O) groups is 1. The van der Waals surface area contributed by atoms with Crippen LogP contribution in [0.5, 0.6) is 0 Å². The van der Waals surface area contributed by atoms with E-state index >= 15 is 0 Å². The summed E-state index contributed by atoms with van der Waals surface area (Å²) in [7, 11) is 0. The Morgan fingerprint density at radius 1 is 1.47 bits per heavy atom. The molecule has 0 saturated carbocycles. The average Bonchev–Trinajstić information content (AvgIpc) is 2.26. The first-order valence-electron chi connectivity index (χ1n) is 5.79. The Morgan fingerprint density at radius 3 is 2.76 bits per heavy atom. The minimum atomic E-state index is -0.753. The molecule has 5 heteroatoms. The molecule has 1 rings (SSSR count). The molecule has 1 aromatic rings. The molecule has 0 spiro atoms. The van der Waals surface area contributed by atoms with Gasteiger partial charge in [-0.05, 0) is 18.3 Å². The summed E-state index contributed by atoms with van der Waals surface area (Å²) in [6, 6.07) is 0. The molecule has 0 amide bonds. The maximum absolute atomic E-state index is 10.7. The minimum absolute atomic E-state index is 0.120. The van der Waals surface area contributed by atoms with Crippen molar-refractivity contribution < 1.29 is 9.90 Å². The predicted octanol–water partition coefficient (Wildman–Crippen LogP) is 2.03. The number of anilines is 1. The van der Waals surface area contributed by atoms with Gasteiger partial charge in [0.05, 0.1) is 6.20 Å². The van der Waals surface area contributed by atoms with Gasteiger partial charge in [0, 0.05) is 25.4 Å². The molecule has 2 N–H and O–H groups in total. The second-order valence-corrected chi connectivity index (χ2v) is 4.56. The van der Waals surface area contributed by atoms with E-state index in [1.807, 2.05) is 0 Å². The van der Waals surface area contributed by atoms with E-state index in [2.05, 4.69) is 29.1 Å². The molecular weight excluding hydrogens is 218 g/mol. The molecule has 17 heavy (non-hydrogen) atoms. The first kappa shape index (κ1) is 13.4. The number of carboxylic acids is 1. The summed E-state index contributed by atoms with van der Waals surface area (Å²) in [5, 5.41) is 12.0. The normalized spacial score (nSPS) is 12.4. The molecule has 0 aliphatic rings. The van der Waals surface area contributed by atoms with Gasteiger partial charge in [-0.2, -0.15) is 0 Å². The molecule has 94 valence electrons. The Labute approximate surface area is 101 Å². The van der Waals surface area contributed by atoms with Crippen molar-refractivity contribution in [2.24, 2.45) is 11.8 Å². The monoisotopic (exact) mass is 237 g/mol. The molecule has 0 aromatic carbocycles. The van der Waals surface area contributed by atoms with Crippen molar-refractivity contribution in [1.29, 1.82) is 0 Å². The van der Waals surface area contributed by atoms with Gasteiger partial charge >= 0.3 is 5.97 Å². The molecule has 0 aliphatic heterocycles. The van der Waals surface area contributed by atoms with Crippen molar-refractivity contribution in [3.8, 4) is 0 Å². The summed E-state index contributed by atoms with van der Waals surface area (Å²) >= 11 is 0. The lowest BCUT2D eigenvalue weighted by molar-refractivity contribution is -0.138. The molecule has 1 atom stereocenters. The maximum atomic E-state index is 10.7. The molecule has 1 unspecified atom stereocenters. The SMILES string of the molecule is CC(C)CC(CNc1cnccn1)CC(=O)O. The van der Waals surface area contributed by atoms with Crippen LogP contribution in [0.15, 0.2) is 18.6 Å². The van der Waals surface area contributed by atoms with Gasteiger partial charge in [-0.25, -0.2) is 4.98 Å². The van der Waals surface area contributed by atoms with Crippen molar-refractivity contribution in [1.82, 2.24) is 9.97 Å².